The summed E-state index contributed by atoms with van der Waals surface area (Å²) in [6.07, 6.45) is 0. The molecular weight excluding hydrogens is 299 g/mol. The lowest BCUT2D eigenvalue weighted by atomic mass is 10.2. The Morgan fingerprint density at radius 3 is 2.67 bits per heavy atom. The quantitative estimate of drug-likeness (QED) is 0.948. The van der Waals surface area contributed by atoms with Gasteiger partial charge in [-0.15, -0.1) is 10.2 Å². The molecule has 0 amide bonds. The summed E-state index contributed by atoms with van der Waals surface area (Å²) < 4.78 is 15.9. The van der Waals surface area contributed by atoms with E-state index in [0.29, 0.717) is 28.2 Å². The lowest BCUT2D eigenvalue weighted by Crippen LogP contribution is -2.11. The van der Waals surface area contributed by atoms with Crippen molar-refractivity contribution in [1.82, 2.24) is 14.8 Å². The molecule has 0 spiro atoms. The molecule has 0 unspecified atom stereocenters. The summed E-state index contributed by atoms with van der Waals surface area (Å²) in [4.78, 5) is 0. The number of rotatable bonds is 3. The zero-order chi connectivity index (χ0) is 13.3. The first kappa shape index (κ1) is 13.2. The van der Waals surface area contributed by atoms with Crippen LogP contribution in [0.1, 0.15) is 25.7 Å². The van der Waals surface area contributed by atoms with Crippen LogP contribution in [0.3, 0.4) is 0 Å². The van der Waals surface area contributed by atoms with E-state index in [1.54, 1.807) is 12.1 Å². The SMILES string of the molecule is CC(C)n1c(CN)nnc1-c1ccc(Br)c(F)c1. The minimum Gasteiger partial charge on any atom is -0.324 e. The third-order valence-corrected chi connectivity index (χ3v) is 3.29. The number of benzene rings is 1. The van der Waals surface area contributed by atoms with E-state index in [4.69, 9.17) is 5.73 Å². The van der Waals surface area contributed by atoms with E-state index in [-0.39, 0.29) is 11.9 Å². The molecule has 96 valence electrons. The summed E-state index contributed by atoms with van der Waals surface area (Å²) >= 11 is 3.13. The largest absolute Gasteiger partial charge is 0.324 e. The molecular formula is C12H14BrFN4. The fraction of sp³-hybridized carbons (Fsp3) is 0.333. The summed E-state index contributed by atoms with van der Waals surface area (Å²) in [6.45, 7) is 4.34. The molecule has 18 heavy (non-hydrogen) atoms. The predicted molar refractivity (Wildman–Crippen MR) is 71.4 cm³/mol. The van der Waals surface area contributed by atoms with Gasteiger partial charge in [-0.3, -0.25) is 0 Å². The average molecular weight is 313 g/mol. The van der Waals surface area contributed by atoms with E-state index in [2.05, 4.69) is 26.1 Å². The van der Waals surface area contributed by atoms with Crippen molar-refractivity contribution in [2.24, 2.45) is 5.73 Å². The van der Waals surface area contributed by atoms with Gasteiger partial charge in [0.15, 0.2) is 5.82 Å². The van der Waals surface area contributed by atoms with Crippen molar-refractivity contribution < 1.29 is 4.39 Å². The van der Waals surface area contributed by atoms with Crippen molar-refractivity contribution in [1.29, 1.82) is 0 Å². The molecule has 0 radical (unpaired) electrons. The Labute approximate surface area is 113 Å². The zero-order valence-corrected chi connectivity index (χ0v) is 11.8. The van der Waals surface area contributed by atoms with Crippen LogP contribution in [0, 0.1) is 5.82 Å². The Balaban J connectivity index is 2.56. The smallest absolute Gasteiger partial charge is 0.164 e. The average Bonchev–Trinajstić information content (AvgIpc) is 2.76. The van der Waals surface area contributed by atoms with Crippen LogP contribution in [0.15, 0.2) is 22.7 Å². The van der Waals surface area contributed by atoms with Gasteiger partial charge in [0.2, 0.25) is 0 Å². The van der Waals surface area contributed by atoms with Gasteiger partial charge in [-0.05, 0) is 48.0 Å². The third-order valence-electron chi connectivity index (χ3n) is 2.64. The maximum atomic E-state index is 13.6. The highest BCUT2D eigenvalue weighted by Gasteiger charge is 2.16. The summed E-state index contributed by atoms with van der Waals surface area (Å²) in [5, 5.41) is 8.14. The van der Waals surface area contributed by atoms with Gasteiger partial charge in [-0.25, -0.2) is 4.39 Å². The number of halogens is 2. The first-order valence-electron chi connectivity index (χ1n) is 5.64. The minimum absolute atomic E-state index is 0.167. The molecule has 0 aliphatic heterocycles. The van der Waals surface area contributed by atoms with Crippen molar-refractivity contribution in [3.63, 3.8) is 0 Å². The number of nitrogens with two attached hydrogens (primary N) is 1. The first-order valence-corrected chi connectivity index (χ1v) is 6.43. The molecule has 6 heteroatoms. The second kappa shape index (κ2) is 5.16. The van der Waals surface area contributed by atoms with Gasteiger partial charge >= 0.3 is 0 Å². The molecule has 0 saturated heterocycles. The summed E-state index contributed by atoms with van der Waals surface area (Å²) in [5.74, 6) is 1.01. The molecule has 4 nitrogen and oxygen atoms in total. The van der Waals surface area contributed by atoms with Crippen LogP contribution in [-0.4, -0.2) is 14.8 Å². The van der Waals surface area contributed by atoms with Gasteiger partial charge in [0.05, 0.1) is 11.0 Å². The van der Waals surface area contributed by atoms with Crippen LogP contribution in [-0.2, 0) is 6.54 Å². The monoisotopic (exact) mass is 312 g/mol. The van der Waals surface area contributed by atoms with E-state index in [1.807, 2.05) is 18.4 Å². The van der Waals surface area contributed by atoms with Crippen LogP contribution >= 0.6 is 15.9 Å². The highest BCUT2D eigenvalue weighted by Crippen LogP contribution is 2.26. The number of hydrogen-bond donors (Lipinski definition) is 1. The van der Waals surface area contributed by atoms with E-state index in [0.717, 1.165) is 0 Å². The number of aromatic nitrogens is 3. The van der Waals surface area contributed by atoms with E-state index in [9.17, 15) is 4.39 Å². The summed E-state index contributed by atoms with van der Waals surface area (Å²) in [6, 6.07) is 5.07. The van der Waals surface area contributed by atoms with E-state index < -0.39 is 0 Å². The molecule has 1 aromatic carbocycles. The van der Waals surface area contributed by atoms with Crippen LogP contribution in [0.2, 0.25) is 0 Å². The van der Waals surface area contributed by atoms with E-state index in [1.165, 1.54) is 6.07 Å². The summed E-state index contributed by atoms with van der Waals surface area (Å²) in [7, 11) is 0. The third kappa shape index (κ3) is 2.30. The maximum absolute atomic E-state index is 13.6. The Bertz CT molecular complexity index is 565. The number of nitrogens with zero attached hydrogens (tertiary/aromatic N) is 3. The molecule has 0 saturated carbocycles. The molecule has 2 rings (SSSR count). The van der Waals surface area contributed by atoms with Gasteiger partial charge in [0.1, 0.15) is 11.6 Å². The molecule has 0 fully saturated rings. The van der Waals surface area contributed by atoms with Crippen LogP contribution in [0.4, 0.5) is 4.39 Å². The van der Waals surface area contributed by atoms with Crippen LogP contribution in [0.5, 0.6) is 0 Å². The Kier molecular flexibility index (Phi) is 3.77. The Morgan fingerprint density at radius 2 is 2.11 bits per heavy atom. The second-order valence-electron chi connectivity index (χ2n) is 4.24. The molecule has 0 bridgehead atoms. The van der Waals surface area contributed by atoms with Gasteiger partial charge in [-0.2, -0.15) is 0 Å². The zero-order valence-electron chi connectivity index (χ0n) is 10.2. The second-order valence-corrected chi connectivity index (χ2v) is 5.09. The lowest BCUT2D eigenvalue weighted by Gasteiger charge is -2.13. The fourth-order valence-corrected chi connectivity index (χ4v) is 2.08. The first-order chi connectivity index (χ1) is 8.54. The van der Waals surface area contributed by atoms with Gasteiger partial charge in [0.25, 0.3) is 0 Å². The molecule has 2 aromatic rings. The Morgan fingerprint density at radius 1 is 1.39 bits per heavy atom. The standard InChI is InChI=1S/C12H14BrFN4/c1-7(2)18-11(6-15)16-17-12(18)8-3-4-9(13)10(14)5-8/h3-5,7H,6,15H2,1-2H3. The van der Waals surface area contributed by atoms with E-state index >= 15 is 0 Å². The maximum Gasteiger partial charge on any atom is 0.164 e. The Hall–Kier alpha value is -1.27. The fourth-order valence-electron chi connectivity index (χ4n) is 1.84. The normalized spacial score (nSPS) is 11.2. The van der Waals surface area contributed by atoms with Crippen LogP contribution in [0.25, 0.3) is 11.4 Å². The molecule has 0 aliphatic carbocycles. The van der Waals surface area contributed by atoms with Crippen molar-refractivity contribution >= 4 is 15.9 Å². The van der Waals surface area contributed by atoms with Gasteiger partial charge in [-0.1, -0.05) is 0 Å². The van der Waals surface area contributed by atoms with Crippen LogP contribution < -0.4 is 5.73 Å². The predicted octanol–water partition coefficient (Wildman–Crippen LogP) is 2.89. The molecule has 1 heterocycles. The lowest BCUT2D eigenvalue weighted by molar-refractivity contribution is 0.573. The molecule has 0 aliphatic rings. The summed E-state index contributed by atoms with van der Waals surface area (Å²) in [5.41, 5.74) is 6.32. The van der Waals surface area contributed by atoms with Gasteiger partial charge in [0, 0.05) is 11.6 Å². The highest BCUT2D eigenvalue weighted by atomic mass is 79.9. The molecule has 0 atom stereocenters. The molecule has 1 aromatic heterocycles. The topological polar surface area (TPSA) is 56.7 Å². The minimum atomic E-state index is -0.319. The van der Waals surface area contributed by atoms with Crippen molar-refractivity contribution in [3.8, 4) is 11.4 Å². The number of hydrogen-bond acceptors (Lipinski definition) is 3. The van der Waals surface area contributed by atoms with Crippen molar-refractivity contribution in [2.45, 2.75) is 26.4 Å². The van der Waals surface area contributed by atoms with Crippen molar-refractivity contribution in [3.05, 3.63) is 34.3 Å². The highest BCUT2D eigenvalue weighted by molar-refractivity contribution is 9.10. The van der Waals surface area contributed by atoms with Gasteiger partial charge < -0.3 is 10.3 Å². The van der Waals surface area contributed by atoms with Crippen molar-refractivity contribution in [2.75, 3.05) is 0 Å². The molecule has 2 N–H and O–H groups in total.